The van der Waals surface area contributed by atoms with Crippen molar-refractivity contribution >= 4 is 14.3 Å². The van der Waals surface area contributed by atoms with Crippen molar-refractivity contribution in [2.24, 2.45) is 23.2 Å². The summed E-state index contributed by atoms with van der Waals surface area (Å²) in [5, 5.41) is 0. The van der Waals surface area contributed by atoms with E-state index in [2.05, 4.69) is 53.7 Å². The second kappa shape index (κ2) is 6.52. The van der Waals surface area contributed by atoms with Crippen molar-refractivity contribution in [1.29, 1.82) is 0 Å². The Morgan fingerprint density at radius 2 is 1.72 bits per heavy atom. The highest BCUT2D eigenvalue weighted by molar-refractivity contribution is 6.77. The van der Waals surface area contributed by atoms with Gasteiger partial charge >= 0.3 is 5.97 Å². The first-order valence-corrected chi connectivity index (χ1v) is 12.3. The standard InChI is InChI=1S/C21H36O3Si/c1-13(2)25(14(3)4,15(5)6)23-12-17-18-8-9-20(24-16(7)22)21(18)11-10-19(17)21/h10-11,13-15,17-20H,8-9,12H2,1-7H3/t17-,18-,19-,20+,21?/m0/s1. The van der Waals surface area contributed by atoms with Crippen LogP contribution < -0.4 is 0 Å². The monoisotopic (exact) mass is 364 g/mol. The molecule has 1 unspecified atom stereocenters. The molecule has 0 aliphatic heterocycles. The summed E-state index contributed by atoms with van der Waals surface area (Å²) in [7, 11) is -1.80. The minimum Gasteiger partial charge on any atom is -0.462 e. The smallest absolute Gasteiger partial charge is 0.302 e. The Hall–Kier alpha value is -0.613. The Kier molecular flexibility index (Phi) is 5.00. The molecular formula is C21H36O3Si. The van der Waals surface area contributed by atoms with E-state index >= 15 is 0 Å². The van der Waals surface area contributed by atoms with Crippen LogP contribution in [0.2, 0.25) is 16.6 Å². The molecule has 0 heterocycles. The van der Waals surface area contributed by atoms with E-state index in [9.17, 15) is 4.79 Å². The third-order valence-electron chi connectivity index (χ3n) is 7.63. The number of ether oxygens (including phenoxy) is 1. The van der Waals surface area contributed by atoms with E-state index in [4.69, 9.17) is 9.16 Å². The molecule has 3 rings (SSSR count). The fourth-order valence-corrected chi connectivity index (χ4v) is 12.2. The van der Waals surface area contributed by atoms with Gasteiger partial charge in [-0.05, 0) is 47.2 Å². The van der Waals surface area contributed by atoms with Crippen LogP contribution >= 0.6 is 0 Å². The molecule has 0 bridgehead atoms. The van der Waals surface area contributed by atoms with Gasteiger partial charge in [-0.1, -0.05) is 53.7 Å². The van der Waals surface area contributed by atoms with Gasteiger partial charge in [0.15, 0.2) is 8.32 Å². The normalized spacial score (nSPS) is 36.2. The third-order valence-corrected chi connectivity index (χ3v) is 13.7. The number of carbonyl (C=O) groups is 1. The van der Waals surface area contributed by atoms with E-state index in [0.717, 1.165) is 13.0 Å². The van der Waals surface area contributed by atoms with Crippen molar-refractivity contribution in [3.63, 3.8) is 0 Å². The Balaban J connectivity index is 1.70. The molecule has 142 valence electrons. The van der Waals surface area contributed by atoms with Crippen molar-refractivity contribution in [3.05, 3.63) is 12.2 Å². The summed E-state index contributed by atoms with van der Waals surface area (Å²) in [6.45, 7) is 16.6. The van der Waals surface area contributed by atoms with E-state index in [0.29, 0.717) is 34.4 Å². The van der Waals surface area contributed by atoms with Gasteiger partial charge in [0.25, 0.3) is 0 Å². The van der Waals surface area contributed by atoms with Gasteiger partial charge < -0.3 is 9.16 Å². The molecule has 0 aromatic carbocycles. The van der Waals surface area contributed by atoms with E-state index < -0.39 is 8.32 Å². The van der Waals surface area contributed by atoms with Crippen LogP contribution in [0.15, 0.2) is 12.2 Å². The number of carbonyl (C=O) groups excluding carboxylic acids is 1. The van der Waals surface area contributed by atoms with Gasteiger partial charge in [-0.25, -0.2) is 0 Å². The molecule has 3 aliphatic carbocycles. The van der Waals surface area contributed by atoms with Gasteiger partial charge in [-0.2, -0.15) is 0 Å². The van der Waals surface area contributed by atoms with Gasteiger partial charge in [0, 0.05) is 18.9 Å². The molecule has 25 heavy (non-hydrogen) atoms. The van der Waals surface area contributed by atoms with Crippen LogP contribution in [0.1, 0.15) is 61.3 Å². The molecule has 0 saturated heterocycles. The Bertz CT molecular complexity index is 532. The molecule has 3 nitrogen and oxygen atoms in total. The maximum Gasteiger partial charge on any atom is 0.302 e. The molecule has 1 spiro atoms. The molecule has 0 aromatic heterocycles. The third kappa shape index (κ3) is 2.58. The average Bonchev–Trinajstić information content (AvgIpc) is 2.82. The largest absolute Gasteiger partial charge is 0.462 e. The number of hydrogen-bond acceptors (Lipinski definition) is 3. The molecular weight excluding hydrogens is 328 g/mol. The zero-order valence-electron chi connectivity index (χ0n) is 17.0. The number of esters is 1. The number of allylic oxidation sites excluding steroid dienone is 1. The summed E-state index contributed by atoms with van der Waals surface area (Å²) in [5.41, 5.74) is 2.04. The molecule has 0 amide bonds. The lowest BCUT2D eigenvalue weighted by molar-refractivity contribution is -0.172. The number of hydrogen-bond donors (Lipinski definition) is 0. The lowest BCUT2D eigenvalue weighted by Gasteiger charge is -2.63. The quantitative estimate of drug-likeness (QED) is 0.348. The van der Waals surface area contributed by atoms with Crippen LogP contribution in [-0.4, -0.2) is 27.0 Å². The zero-order chi connectivity index (χ0) is 18.6. The van der Waals surface area contributed by atoms with Crippen LogP contribution in [0.25, 0.3) is 0 Å². The van der Waals surface area contributed by atoms with E-state index in [-0.39, 0.29) is 17.5 Å². The van der Waals surface area contributed by atoms with Crippen molar-refractivity contribution in [2.45, 2.75) is 84.0 Å². The highest BCUT2D eigenvalue weighted by atomic mass is 28.4. The lowest BCUT2D eigenvalue weighted by Crippen LogP contribution is -2.63. The van der Waals surface area contributed by atoms with Crippen LogP contribution in [0.3, 0.4) is 0 Å². The molecule has 2 fully saturated rings. The molecule has 0 aromatic rings. The predicted molar refractivity (Wildman–Crippen MR) is 104 cm³/mol. The summed E-state index contributed by atoms with van der Waals surface area (Å²) in [6, 6.07) is 0. The zero-order valence-corrected chi connectivity index (χ0v) is 18.0. The molecule has 2 saturated carbocycles. The van der Waals surface area contributed by atoms with E-state index in [1.165, 1.54) is 13.3 Å². The average molecular weight is 365 g/mol. The Labute approximate surface area is 154 Å². The SMILES string of the molecule is CC(=O)O[C@@H]1CC[C@H]2[C@H](CO[Si](C(C)C)(C(C)C)C(C)C)[C@@H]3C=CC132. The van der Waals surface area contributed by atoms with Crippen LogP contribution in [0.4, 0.5) is 0 Å². The summed E-state index contributed by atoms with van der Waals surface area (Å²) in [5.74, 6) is 1.69. The molecule has 5 atom stereocenters. The Morgan fingerprint density at radius 1 is 1.12 bits per heavy atom. The van der Waals surface area contributed by atoms with Gasteiger partial charge in [0.05, 0.1) is 0 Å². The second-order valence-electron chi connectivity index (χ2n) is 9.46. The number of rotatable bonds is 7. The highest BCUT2D eigenvalue weighted by Crippen LogP contribution is 2.71. The fraction of sp³-hybridized carbons (Fsp3) is 0.857. The molecule has 0 radical (unpaired) electrons. The molecule has 0 N–H and O–H groups in total. The van der Waals surface area contributed by atoms with Crippen LogP contribution in [0.5, 0.6) is 0 Å². The molecule has 4 heteroatoms. The van der Waals surface area contributed by atoms with Crippen LogP contribution in [0, 0.1) is 23.2 Å². The van der Waals surface area contributed by atoms with E-state index in [1.54, 1.807) is 0 Å². The maximum absolute atomic E-state index is 11.4. The van der Waals surface area contributed by atoms with Gasteiger partial charge in [0.1, 0.15) is 6.10 Å². The summed E-state index contributed by atoms with van der Waals surface area (Å²) < 4.78 is 12.5. The lowest BCUT2D eigenvalue weighted by atomic mass is 9.42. The second-order valence-corrected chi connectivity index (χ2v) is 14.9. The van der Waals surface area contributed by atoms with Gasteiger partial charge in [-0.15, -0.1) is 0 Å². The first kappa shape index (κ1) is 19.2. The van der Waals surface area contributed by atoms with Crippen molar-refractivity contribution in [2.75, 3.05) is 6.61 Å². The maximum atomic E-state index is 11.4. The first-order valence-electron chi connectivity index (χ1n) is 10.2. The highest BCUT2D eigenvalue weighted by Gasteiger charge is 2.70. The van der Waals surface area contributed by atoms with Crippen molar-refractivity contribution < 1.29 is 14.0 Å². The summed E-state index contributed by atoms with van der Waals surface area (Å²) >= 11 is 0. The van der Waals surface area contributed by atoms with Crippen LogP contribution in [-0.2, 0) is 14.0 Å². The minimum absolute atomic E-state index is 0.101. The summed E-state index contributed by atoms with van der Waals surface area (Å²) in [4.78, 5) is 11.4. The minimum atomic E-state index is -1.80. The van der Waals surface area contributed by atoms with Gasteiger partial charge in [-0.3, -0.25) is 4.79 Å². The molecule has 3 aliphatic rings. The predicted octanol–water partition coefficient (Wildman–Crippen LogP) is 5.32. The fourth-order valence-electron chi connectivity index (χ4n) is 6.74. The van der Waals surface area contributed by atoms with Gasteiger partial charge in [0.2, 0.25) is 0 Å². The van der Waals surface area contributed by atoms with Crippen molar-refractivity contribution in [1.82, 2.24) is 0 Å². The van der Waals surface area contributed by atoms with Crippen molar-refractivity contribution in [3.8, 4) is 0 Å². The Morgan fingerprint density at radius 3 is 2.16 bits per heavy atom. The summed E-state index contributed by atoms with van der Waals surface area (Å²) in [6.07, 6.45) is 6.96. The van der Waals surface area contributed by atoms with E-state index in [1.807, 2.05) is 0 Å². The first-order chi connectivity index (χ1) is 11.7. The topological polar surface area (TPSA) is 35.5 Å².